The van der Waals surface area contributed by atoms with E-state index in [1.54, 1.807) is 30.3 Å². The van der Waals surface area contributed by atoms with Gasteiger partial charge in [0.25, 0.3) is 20.0 Å². The van der Waals surface area contributed by atoms with Crippen LogP contribution in [0.5, 0.6) is 0 Å². The van der Waals surface area contributed by atoms with Crippen LogP contribution in [0.2, 0.25) is 5.02 Å². The maximum atomic E-state index is 13.5. The molecule has 0 heterocycles. The molecule has 0 unspecified atom stereocenters. The van der Waals surface area contributed by atoms with Crippen molar-refractivity contribution in [3.63, 3.8) is 0 Å². The molecular weight excluding hydrogens is 683 g/mol. The second-order valence-corrected chi connectivity index (χ2v) is 13.5. The Bertz CT molecular complexity index is 1810. The van der Waals surface area contributed by atoms with Crippen LogP contribution < -0.4 is 14.3 Å². The van der Waals surface area contributed by atoms with Crippen molar-refractivity contribution in [2.24, 2.45) is 0 Å². The molecule has 0 aromatic heterocycles. The van der Waals surface area contributed by atoms with Gasteiger partial charge in [-0.3, -0.25) is 13.8 Å². The molecule has 220 valence electrons. The molecule has 0 radical (unpaired) electrons. The lowest BCUT2D eigenvalue weighted by Crippen LogP contribution is -2.38. The summed E-state index contributed by atoms with van der Waals surface area (Å²) in [5, 5.41) is 2.10. The topological polar surface area (TPSA) is 113 Å². The van der Waals surface area contributed by atoms with Gasteiger partial charge in [0, 0.05) is 15.8 Å². The first-order chi connectivity index (χ1) is 19.7. The number of halogens is 5. The lowest BCUT2D eigenvalue weighted by atomic mass is 10.2. The summed E-state index contributed by atoms with van der Waals surface area (Å²) in [5.41, 5.74) is -1.28. The number of nitrogens with zero attached hydrogens (tertiary/aromatic N) is 1. The summed E-state index contributed by atoms with van der Waals surface area (Å²) in [7, 11) is -8.52. The smallest absolute Gasteiger partial charge is 0.325 e. The minimum atomic E-state index is -4.81. The van der Waals surface area contributed by atoms with E-state index in [4.69, 9.17) is 11.6 Å². The molecule has 0 aliphatic heterocycles. The number of benzene rings is 4. The molecule has 2 N–H and O–H groups in total. The Morgan fingerprint density at radius 3 is 2.00 bits per heavy atom. The van der Waals surface area contributed by atoms with Gasteiger partial charge in [-0.1, -0.05) is 45.7 Å². The Hall–Kier alpha value is -3.59. The van der Waals surface area contributed by atoms with Gasteiger partial charge in [-0.2, -0.15) is 13.2 Å². The maximum Gasteiger partial charge on any atom is 0.416 e. The number of anilines is 3. The number of rotatable bonds is 9. The highest BCUT2D eigenvalue weighted by atomic mass is 79.9. The Balaban J connectivity index is 1.59. The molecule has 0 atom stereocenters. The standard InChI is InChI=1S/C27H20BrClF3N3O5S2/c28-19-7-9-21(10-8-19)34-41(37,38)22-13-11-20(12-14-22)33-26(36)17-35(42(39,40)23-4-2-1-3-5-23)25-16-18(27(30,31)32)6-15-24(25)29/h1-16,34H,17H2,(H,33,36). The molecule has 4 aromatic rings. The van der Waals surface area contributed by atoms with Crippen LogP contribution in [0.15, 0.2) is 111 Å². The van der Waals surface area contributed by atoms with Crippen molar-refractivity contribution in [2.75, 3.05) is 20.9 Å². The fraction of sp³-hybridized carbons (Fsp3) is 0.0741. The molecule has 0 fully saturated rings. The van der Waals surface area contributed by atoms with Crippen LogP contribution >= 0.6 is 27.5 Å². The predicted molar refractivity (Wildman–Crippen MR) is 157 cm³/mol. The first-order valence-electron chi connectivity index (χ1n) is 11.8. The van der Waals surface area contributed by atoms with E-state index in [0.29, 0.717) is 22.1 Å². The van der Waals surface area contributed by atoms with Crippen LogP contribution in [0.1, 0.15) is 5.56 Å². The van der Waals surface area contributed by atoms with Crippen molar-refractivity contribution < 1.29 is 34.8 Å². The van der Waals surface area contributed by atoms with Crippen LogP contribution in [0.25, 0.3) is 0 Å². The Kier molecular flexibility index (Phi) is 9.21. The number of carbonyl (C=O) groups is 1. The first kappa shape index (κ1) is 31.3. The van der Waals surface area contributed by atoms with E-state index in [1.165, 1.54) is 48.5 Å². The average molecular weight is 703 g/mol. The highest BCUT2D eigenvalue weighted by Crippen LogP contribution is 2.37. The molecule has 0 saturated heterocycles. The van der Waals surface area contributed by atoms with E-state index in [9.17, 15) is 34.8 Å². The zero-order valence-electron chi connectivity index (χ0n) is 21.1. The lowest BCUT2D eigenvalue weighted by molar-refractivity contribution is -0.137. The number of hydrogen-bond donors (Lipinski definition) is 2. The summed E-state index contributed by atoms with van der Waals surface area (Å²) in [6.45, 7) is -0.941. The fourth-order valence-corrected chi connectivity index (χ4v) is 6.73. The van der Waals surface area contributed by atoms with Crippen molar-refractivity contribution in [1.82, 2.24) is 0 Å². The Labute approximate surface area is 253 Å². The summed E-state index contributed by atoms with van der Waals surface area (Å²) >= 11 is 9.40. The lowest BCUT2D eigenvalue weighted by Gasteiger charge is -2.26. The molecule has 4 aromatic carbocycles. The van der Waals surface area contributed by atoms with Gasteiger partial charge in [-0.05, 0) is 78.9 Å². The summed E-state index contributed by atoms with van der Waals surface area (Å²) in [6, 6.07) is 20.4. The third-order valence-corrected chi connectivity index (χ3v) is 9.72. The number of nitrogens with one attached hydrogen (secondary N) is 2. The highest BCUT2D eigenvalue weighted by molar-refractivity contribution is 9.10. The third-order valence-electron chi connectivity index (χ3n) is 5.71. The van der Waals surface area contributed by atoms with Gasteiger partial charge in [-0.25, -0.2) is 16.8 Å². The quantitative estimate of drug-likeness (QED) is 0.200. The van der Waals surface area contributed by atoms with Crippen LogP contribution in [-0.2, 0) is 31.0 Å². The monoisotopic (exact) mass is 701 g/mol. The van der Waals surface area contributed by atoms with Gasteiger partial charge >= 0.3 is 6.18 Å². The van der Waals surface area contributed by atoms with E-state index in [-0.39, 0.29) is 20.5 Å². The predicted octanol–water partition coefficient (Wildman–Crippen LogP) is 6.76. The zero-order chi connectivity index (χ0) is 30.7. The van der Waals surface area contributed by atoms with E-state index < -0.39 is 49.9 Å². The number of amides is 1. The normalized spacial score (nSPS) is 12.0. The van der Waals surface area contributed by atoms with E-state index in [0.717, 1.165) is 10.5 Å². The van der Waals surface area contributed by atoms with Crippen molar-refractivity contribution in [2.45, 2.75) is 16.0 Å². The average Bonchev–Trinajstić information content (AvgIpc) is 2.93. The number of sulfonamides is 2. The van der Waals surface area contributed by atoms with Crippen LogP contribution in [0, 0.1) is 0 Å². The molecule has 8 nitrogen and oxygen atoms in total. The fourth-order valence-electron chi connectivity index (χ4n) is 3.68. The van der Waals surface area contributed by atoms with Crippen molar-refractivity contribution in [3.05, 3.63) is 112 Å². The number of hydrogen-bond acceptors (Lipinski definition) is 5. The van der Waals surface area contributed by atoms with Gasteiger partial charge in [0.1, 0.15) is 6.54 Å². The van der Waals surface area contributed by atoms with Gasteiger partial charge in [0.2, 0.25) is 5.91 Å². The number of carbonyl (C=O) groups excluding carboxylic acids is 1. The van der Waals surface area contributed by atoms with E-state index in [1.807, 2.05) is 0 Å². The molecule has 1 amide bonds. The first-order valence-corrected chi connectivity index (χ1v) is 15.9. The molecule has 4 rings (SSSR count). The summed E-state index contributed by atoms with van der Waals surface area (Å²) in [6.07, 6.45) is -4.81. The summed E-state index contributed by atoms with van der Waals surface area (Å²) < 4.78 is 96.4. The SMILES string of the molecule is O=C(CN(c1cc(C(F)(F)F)ccc1Cl)S(=O)(=O)c1ccccc1)Nc1ccc(S(=O)(=O)Nc2ccc(Br)cc2)cc1. The van der Waals surface area contributed by atoms with E-state index in [2.05, 4.69) is 26.0 Å². The Morgan fingerprint density at radius 2 is 1.40 bits per heavy atom. The molecule has 0 spiro atoms. The molecule has 0 aliphatic rings. The Morgan fingerprint density at radius 1 is 0.810 bits per heavy atom. The second kappa shape index (κ2) is 12.3. The zero-order valence-corrected chi connectivity index (χ0v) is 25.1. The highest BCUT2D eigenvalue weighted by Gasteiger charge is 2.34. The second-order valence-electron chi connectivity index (χ2n) is 8.67. The van der Waals surface area contributed by atoms with Crippen molar-refractivity contribution in [1.29, 1.82) is 0 Å². The van der Waals surface area contributed by atoms with Crippen LogP contribution in [0.3, 0.4) is 0 Å². The van der Waals surface area contributed by atoms with Gasteiger partial charge < -0.3 is 5.32 Å². The maximum absolute atomic E-state index is 13.5. The molecule has 0 saturated carbocycles. The van der Waals surface area contributed by atoms with E-state index >= 15 is 0 Å². The molecular formula is C27H20BrClF3N3O5S2. The summed E-state index contributed by atoms with van der Waals surface area (Å²) in [4.78, 5) is 12.6. The third kappa shape index (κ3) is 7.43. The minimum Gasteiger partial charge on any atom is -0.325 e. The minimum absolute atomic E-state index is 0.106. The number of alkyl halides is 3. The summed E-state index contributed by atoms with van der Waals surface area (Å²) in [5.74, 6) is -0.924. The van der Waals surface area contributed by atoms with Gasteiger partial charge in [0.05, 0.1) is 26.1 Å². The largest absolute Gasteiger partial charge is 0.416 e. The van der Waals surface area contributed by atoms with Gasteiger partial charge in [-0.15, -0.1) is 0 Å². The van der Waals surface area contributed by atoms with Crippen LogP contribution in [-0.4, -0.2) is 29.3 Å². The molecule has 42 heavy (non-hydrogen) atoms. The molecule has 15 heteroatoms. The molecule has 0 aliphatic carbocycles. The van der Waals surface area contributed by atoms with Crippen molar-refractivity contribution >= 4 is 70.5 Å². The van der Waals surface area contributed by atoms with Crippen molar-refractivity contribution in [3.8, 4) is 0 Å². The van der Waals surface area contributed by atoms with Crippen LogP contribution in [0.4, 0.5) is 30.2 Å². The van der Waals surface area contributed by atoms with Gasteiger partial charge in [0.15, 0.2) is 0 Å². The molecule has 0 bridgehead atoms.